The van der Waals surface area contributed by atoms with Gasteiger partial charge in [-0.15, -0.1) is 0 Å². The Morgan fingerprint density at radius 2 is 2.14 bits per heavy atom. The molecule has 76 valence electrons. The lowest BCUT2D eigenvalue weighted by Crippen LogP contribution is -2.14. The fraction of sp³-hybridized carbons (Fsp3) is 0.500. The fourth-order valence-electron chi connectivity index (χ4n) is 2.20. The molecule has 0 atom stereocenters. The number of ether oxygens (including phenoxy) is 1. The molecule has 0 spiro atoms. The number of benzene rings is 1. The summed E-state index contributed by atoms with van der Waals surface area (Å²) in [7, 11) is 1.74. The summed E-state index contributed by atoms with van der Waals surface area (Å²) < 4.78 is 5.36. The van der Waals surface area contributed by atoms with Crippen LogP contribution in [0.2, 0.25) is 0 Å². The van der Waals surface area contributed by atoms with Gasteiger partial charge in [0.25, 0.3) is 0 Å². The molecule has 0 radical (unpaired) electrons. The molecule has 1 aliphatic rings. The van der Waals surface area contributed by atoms with Gasteiger partial charge in [-0.05, 0) is 49.4 Å². The van der Waals surface area contributed by atoms with Crippen LogP contribution in [-0.2, 0) is 6.42 Å². The van der Waals surface area contributed by atoms with E-state index in [0.29, 0.717) is 0 Å². The predicted molar refractivity (Wildman–Crippen MR) is 59.3 cm³/mol. The van der Waals surface area contributed by atoms with E-state index in [1.54, 1.807) is 7.11 Å². The molecule has 1 aromatic rings. The minimum atomic E-state index is 1.02. The van der Waals surface area contributed by atoms with Crippen molar-refractivity contribution in [1.82, 2.24) is 0 Å². The normalized spacial score (nSPS) is 14.5. The Kier molecular flexibility index (Phi) is 2.36. The first-order valence-corrected chi connectivity index (χ1v) is 5.15. The van der Waals surface area contributed by atoms with E-state index in [4.69, 9.17) is 4.74 Å². The lowest BCUT2D eigenvalue weighted by molar-refractivity contribution is 0.410. The molecule has 0 aliphatic carbocycles. The van der Waals surface area contributed by atoms with Gasteiger partial charge in [-0.25, -0.2) is 0 Å². The van der Waals surface area contributed by atoms with Crippen molar-refractivity contribution < 1.29 is 4.74 Å². The summed E-state index contributed by atoms with van der Waals surface area (Å²) in [6.07, 6.45) is 2.40. The number of fused-ring (bicyclic) bond motifs is 1. The molecule has 0 fully saturated rings. The second-order valence-electron chi connectivity index (χ2n) is 3.90. The van der Waals surface area contributed by atoms with Crippen LogP contribution >= 0.6 is 0 Å². The van der Waals surface area contributed by atoms with E-state index in [1.807, 2.05) is 0 Å². The molecule has 2 rings (SSSR count). The highest BCUT2D eigenvalue weighted by atomic mass is 16.5. The van der Waals surface area contributed by atoms with Crippen LogP contribution in [0.25, 0.3) is 0 Å². The Morgan fingerprint density at radius 1 is 1.36 bits per heavy atom. The summed E-state index contributed by atoms with van der Waals surface area (Å²) >= 11 is 0. The first-order valence-electron chi connectivity index (χ1n) is 5.15. The van der Waals surface area contributed by atoms with E-state index in [0.717, 1.165) is 12.3 Å². The molecule has 0 unspecified atom stereocenters. The lowest BCUT2D eigenvalue weighted by atomic mass is 9.94. The molecular formula is C12H17NO. The van der Waals surface area contributed by atoms with Crippen molar-refractivity contribution in [3.8, 4) is 5.75 Å². The maximum absolute atomic E-state index is 5.36. The molecular weight excluding hydrogens is 174 g/mol. The van der Waals surface area contributed by atoms with Crippen molar-refractivity contribution in [3.63, 3.8) is 0 Å². The van der Waals surface area contributed by atoms with E-state index in [-0.39, 0.29) is 0 Å². The monoisotopic (exact) mass is 191 g/mol. The van der Waals surface area contributed by atoms with Gasteiger partial charge in [-0.3, -0.25) is 0 Å². The highest BCUT2D eigenvalue weighted by Crippen LogP contribution is 2.34. The molecule has 0 aromatic heterocycles. The van der Waals surface area contributed by atoms with E-state index in [9.17, 15) is 0 Å². The Labute approximate surface area is 85.3 Å². The van der Waals surface area contributed by atoms with Crippen molar-refractivity contribution in [2.24, 2.45) is 0 Å². The Morgan fingerprint density at radius 3 is 2.86 bits per heavy atom. The molecule has 0 amide bonds. The molecule has 14 heavy (non-hydrogen) atoms. The molecule has 0 saturated heterocycles. The minimum absolute atomic E-state index is 1.02. The first-order chi connectivity index (χ1) is 6.74. The molecule has 1 heterocycles. The number of rotatable bonds is 1. The third kappa shape index (κ3) is 1.35. The maximum Gasteiger partial charge on any atom is 0.122 e. The van der Waals surface area contributed by atoms with Crippen molar-refractivity contribution in [1.29, 1.82) is 0 Å². The van der Waals surface area contributed by atoms with Gasteiger partial charge in [0.05, 0.1) is 7.11 Å². The van der Waals surface area contributed by atoms with Gasteiger partial charge in [-0.2, -0.15) is 0 Å². The van der Waals surface area contributed by atoms with Crippen LogP contribution in [0.1, 0.15) is 23.1 Å². The average molecular weight is 191 g/mol. The summed E-state index contributed by atoms with van der Waals surface area (Å²) in [6, 6.07) is 2.12. The Hall–Kier alpha value is -1.18. The highest BCUT2D eigenvalue weighted by Gasteiger charge is 2.16. The third-order valence-corrected chi connectivity index (χ3v) is 2.99. The average Bonchev–Trinajstić information content (AvgIpc) is 2.23. The molecule has 0 saturated carbocycles. The van der Waals surface area contributed by atoms with Crippen molar-refractivity contribution in [3.05, 3.63) is 22.8 Å². The van der Waals surface area contributed by atoms with Gasteiger partial charge in [0.1, 0.15) is 5.75 Å². The fourth-order valence-corrected chi connectivity index (χ4v) is 2.20. The second kappa shape index (κ2) is 3.52. The summed E-state index contributed by atoms with van der Waals surface area (Å²) in [5.74, 6) is 1.02. The van der Waals surface area contributed by atoms with Crippen LogP contribution in [0.4, 0.5) is 5.69 Å². The zero-order chi connectivity index (χ0) is 10.1. The number of hydrogen-bond donors (Lipinski definition) is 1. The summed E-state index contributed by atoms with van der Waals surface area (Å²) in [4.78, 5) is 0. The van der Waals surface area contributed by atoms with Crippen LogP contribution in [0, 0.1) is 13.8 Å². The molecule has 1 aliphatic heterocycles. The van der Waals surface area contributed by atoms with Gasteiger partial charge >= 0.3 is 0 Å². The molecule has 1 N–H and O–H groups in total. The summed E-state index contributed by atoms with van der Waals surface area (Å²) in [5, 5.41) is 3.47. The molecule has 0 bridgehead atoms. The lowest BCUT2D eigenvalue weighted by Gasteiger charge is -2.23. The zero-order valence-corrected chi connectivity index (χ0v) is 9.11. The number of hydrogen-bond acceptors (Lipinski definition) is 2. The van der Waals surface area contributed by atoms with Gasteiger partial charge in [-0.1, -0.05) is 0 Å². The van der Waals surface area contributed by atoms with E-state index < -0.39 is 0 Å². The predicted octanol–water partition coefficient (Wildman–Crippen LogP) is 2.67. The molecule has 2 heteroatoms. The number of methoxy groups -OCH3 is 1. The van der Waals surface area contributed by atoms with E-state index >= 15 is 0 Å². The minimum Gasteiger partial charge on any atom is -0.496 e. The van der Waals surface area contributed by atoms with Crippen LogP contribution < -0.4 is 10.1 Å². The van der Waals surface area contributed by atoms with Crippen LogP contribution in [0.15, 0.2) is 6.07 Å². The number of anilines is 1. The standard InChI is InChI=1S/C12H17NO/c1-8-7-11(14-3)9(2)10-5-4-6-13-12(8)10/h7,13H,4-6H2,1-3H3. The SMILES string of the molecule is COc1cc(C)c2c(c1C)CCCN2. The third-order valence-electron chi connectivity index (χ3n) is 2.99. The topological polar surface area (TPSA) is 21.3 Å². The van der Waals surface area contributed by atoms with Gasteiger partial charge < -0.3 is 10.1 Å². The zero-order valence-electron chi connectivity index (χ0n) is 9.11. The van der Waals surface area contributed by atoms with Gasteiger partial charge in [0.15, 0.2) is 0 Å². The summed E-state index contributed by atoms with van der Waals surface area (Å²) in [5.41, 5.74) is 5.35. The van der Waals surface area contributed by atoms with Crippen LogP contribution in [-0.4, -0.2) is 13.7 Å². The van der Waals surface area contributed by atoms with Crippen molar-refractivity contribution >= 4 is 5.69 Å². The highest BCUT2D eigenvalue weighted by molar-refractivity contribution is 5.65. The Bertz CT molecular complexity index is 358. The van der Waals surface area contributed by atoms with E-state index in [1.165, 1.54) is 35.2 Å². The number of nitrogens with one attached hydrogen (secondary N) is 1. The largest absolute Gasteiger partial charge is 0.496 e. The Balaban J connectivity index is 2.58. The smallest absolute Gasteiger partial charge is 0.122 e. The summed E-state index contributed by atoms with van der Waals surface area (Å²) in [6.45, 7) is 5.38. The van der Waals surface area contributed by atoms with Crippen LogP contribution in [0.3, 0.4) is 0 Å². The van der Waals surface area contributed by atoms with Crippen molar-refractivity contribution in [2.75, 3.05) is 19.0 Å². The van der Waals surface area contributed by atoms with Crippen molar-refractivity contribution in [2.45, 2.75) is 26.7 Å². The first kappa shape index (κ1) is 9.38. The molecule has 2 nitrogen and oxygen atoms in total. The maximum atomic E-state index is 5.36. The van der Waals surface area contributed by atoms with Crippen LogP contribution in [0.5, 0.6) is 5.75 Å². The molecule has 1 aromatic carbocycles. The quantitative estimate of drug-likeness (QED) is 0.737. The number of aryl methyl sites for hydroxylation is 1. The second-order valence-corrected chi connectivity index (χ2v) is 3.90. The van der Waals surface area contributed by atoms with E-state index in [2.05, 4.69) is 25.2 Å². The van der Waals surface area contributed by atoms with Gasteiger partial charge in [0, 0.05) is 12.2 Å². The van der Waals surface area contributed by atoms with Gasteiger partial charge in [0.2, 0.25) is 0 Å².